The van der Waals surface area contributed by atoms with Gasteiger partial charge in [-0.05, 0) is 43.5 Å². The molecular weight excluding hydrogens is 280 g/mol. The van der Waals surface area contributed by atoms with Crippen molar-refractivity contribution in [1.29, 1.82) is 0 Å². The van der Waals surface area contributed by atoms with E-state index in [9.17, 15) is 4.79 Å². The number of hydrogen-bond donors (Lipinski definition) is 1. The Bertz CT molecular complexity index is 433. The summed E-state index contributed by atoms with van der Waals surface area (Å²) >= 11 is 3.41. The van der Waals surface area contributed by atoms with Crippen molar-refractivity contribution in [3.8, 4) is 0 Å². The molecule has 1 saturated heterocycles. The highest BCUT2D eigenvalue weighted by Crippen LogP contribution is 2.22. The summed E-state index contributed by atoms with van der Waals surface area (Å²) in [5.41, 5.74) is 7.49. The average molecular weight is 297 g/mol. The van der Waals surface area contributed by atoms with Gasteiger partial charge in [0.15, 0.2) is 0 Å². The summed E-state index contributed by atoms with van der Waals surface area (Å²) in [5.74, 6) is 0.114. The van der Waals surface area contributed by atoms with Crippen molar-refractivity contribution in [3.63, 3.8) is 0 Å². The topological polar surface area (TPSA) is 46.3 Å². The zero-order valence-electron chi connectivity index (χ0n) is 9.95. The normalized spacial score (nSPS) is 19.7. The maximum Gasteiger partial charge on any atom is 0.254 e. The molecule has 1 amide bonds. The van der Waals surface area contributed by atoms with Crippen LogP contribution >= 0.6 is 15.9 Å². The molecule has 1 fully saturated rings. The van der Waals surface area contributed by atoms with E-state index in [1.807, 2.05) is 30.0 Å². The lowest BCUT2D eigenvalue weighted by Crippen LogP contribution is -2.40. The van der Waals surface area contributed by atoms with Gasteiger partial charge >= 0.3 is 0 Å². The monoisotopic (exact) mass is 296 g/mol. The lowest BCUT2D eigenvalue weighted by molar-refractivity contribution is 0.0740. The number of benzene rings is 1. The molecule has 1 aliphatic rings. The third-order valence-electron chi connectivity index (χ3n) is 3.33. The van der Waals surface area contributed by atoms with E-state index in [2.05, 4.69) is 15.9 Å². The van der Waals surface area contributed by atoms with Crippen molar-refractivity contribution < 1.29 is 4.79 Å². The first kappa shape index (κ1) is 12.6. The number of likely N-dealkylation sites (tertiary alicyclic amines) is 1. The van der Waals surface area contributed by atoms with Gasteiger partial charge in [-0.2, -0.15) is 0 Å². The molecule has 1 atom stereocenters. The first-order valence-corrected chi connectivity index (χ1v) is 6.70. The molecule has 1 aromatic rings. The molecule has 0 spiro atoms. The first-order chi connectivity index (χ1) is 8.13. The lowest BCUT2D eigenvalue weighted by Gasteiger charge is -2.24. The molecule has 1 unspecified atom stereocenters. The van der Waals surface area contributed by atoms with Gasteiger partial charge in [0.25, 0.3) is 5.91 Å². The minimum Gasteiger partial charge on any atom is -0.334 e. The molecule has 17 heavy (non-hydrogen) atoms. The summed E-state index contributed by atoms with van der Waals surface area (Å²) < 4.78 is 1.00. The minimum atomic E-state index is 0.114. The van der Waals surface area contributed by atoms with E-state index in [-0.39, 0.29) is 11.9 Å². The molecule has 2 rings (SSSR count). The first-order valence-electron chi connectivity index (χ1n) is 5.90. The highest BCUT2D eigenvalue weighted by molar-refractivity contribution is 9.10. The van der Waals surface area contributed by atoms with Crippen molar-refractivity contribution >= 4 is 21.8 Å². The van der Waals surface area contributed by atoms with Crippen LogP contribution in [-0.2, 0) is 0 Å². The van der Waals surface area contributed by atoms with E-state index in [0.717, 1.165) is 35.0 Å². The molecule has 0 radical (unpaired) electrons. The highest BCUT2D eigenvalue weighted by Gasteiger charge is 2.28. The molecule has 1 heterocycles. The Labute approximate surface area is 110 Å². The molecule has 3 nitrogen and oxygen atoms in total. The number of halogens is 1. The molecule has 0 aromatic heterocycles. The summed E-state index contributed by atoms with van der Waals surface area (Å²) in [7, 11) is 0. The SMILES string of the molecule is Cc1cc(Br)ccc1C(=O)N1CCCC1CN. The quantitative estimate of drug-likeness (QED) is 0.910. The average Bonchev–Trinajstić information content (AvgIpc) is 2.76. The minimum absolute atomic E-state index is 0.114. The van der Waals surface area contributed by atoms with Gasteiger partial charge in [-0.25, -0.2) is 0 Å². The van der Waals surface area contributed by atoms with Crippen molar-refractivity contribution in [2.24, 2.45) is 5.73 Å². The molecule has 2 N–H and O–H groups in total. The number of carbonyl (C=O) groups is 1. The van der Waals surface area contributed by atoms with Gasteiger partial charge in [-0.1, -0.05) is 15.9 Å². The number of amides is 1. The number of nitrogens with zero attached hydrogens (tertiary/aromatic N) is 1. The standard InChI is InChI=1S/C13H17BrN2O/c1-9-7-10(14)4-5-12(9)13(17)16-6-2-3-11(16)8-15/h4-5,7,11H,2-3,6,8,15H2,1H3. The van der Waals surface area contributed by atoms with Gasteiger partial charge in [-0.3, -0.25) is 4.79 Å². The van der Waals surface area contributed by atoms with E-state index in [1.54, 1.807) is 0 Å². The predicted molar refractivity (Wildman–Crippen MR) is 72.0 cm³/mol. The molecule has 92 valence electrons. The molecule has 0 aliphatic carbocycles. The fourth-order valence-electron chi connectivity index (χ4n) is 2.37. The Morgan fingerprint density at radius 2 is 2.35 bits per heavy atom. The van der Waals surface area contributed by atoms with Gasteiger partial charge in [0.1, 0.15) is 0 Å². The summed E-state index contributed by atoms with van der Waals surface area (Å²) in [6.45, 7) is 3.35. The fourth-order valence-corrected chi connectivity index (χ4v) is 2.85. The third kappa shape index (κ3) is 2.53. The zero-order chi connectivity index (χ0) is 12.4. The molecular formula is C13H17BrN2O. The number of nitrogens with two attached hydrogens (primary N) is 1. The summed E-state index contributed by atoms with van der Waals surface area (Å²) in [6, 6.07) is 5.98. The number of hydrogen-bond acceptors (Lipinski definition) is 2. The Balaban J connectivity index is 2.24. The van der Waals surface area contributed by atoms with E-state index < -0.39 is 0 Å². The van der Waals surface area contributed by atoms with E-state index >= 15 is 0 Å². The van der Waals surface area contributed by atoms with Crippen LogP contribution in [0.5, 0.6) is 0 Å². The summed E-state index contributed by atoms with van der Waals surface area (Å²) in [4.78, 5) is 14.3. The van der Waals surface area contributed by atoms with Crippen molar-refractivity contribution in [1.82, 2.24) is 4.90 Å². The maximum atomic E-state index is 12.4. The van der Waals surface area contributed by atoms with Gasteiger partial charge in [0.2, 0.25) is 0 Å². The van der Waals surface area contributed by atoms with Gasteiger partial charge in [0.05, 0.1) is 0 Å². The van der Waals surface area contributed by atoms with Crippen molar-refractivity contribution in [2.75, 3.05) is 13.1 Å². The third-order valence-corrected chi connectivity index (χ3v) is 3.82. The number of rotatable bonds is 2. The lowest BCUT2D eigenvalue weighted by atomic mass is 10.1. The smallest absolute Gasteiger partial charge is 0.254 e. The van der Waals surface area contributed by atoms with Gasteiger partial charge < -0.3 is 10.6 Å². The van der Waals surface area contributed by atoms with Crippen LogP contribution in [0.25, 0.3) is 0 Å². The molecule has 4 heteroatoms. The van der Waals surface area contributed by atoms with Crippen LogP contribution in [0.15, 0.2) is 22.7 Å². The van der Waals surface area contributed by atoms with Crippen LogP contribution in [0, 0.1) is 6.92 Å². The van der Waals surface area contributed by atoms with Crippen LogP contribution in [0.3, 0.4) is 0 Å². The van der Waals surface area contributed by atoms with E-state index in [4.69, 9.17) is 5.73 Å². The molecule has 1 aromatic carbocycles. The molecule has 0 bridgehead atoms. The second-order valence-corrected chi connectivity index (χ2v) is 5.41. The maximum absolute atomic E-state index is 12.4. The van der Waals surface area contributed by atoms with Gasteiger partial charge in [-0.15, -0.1) is 0 Å². The highest BCUT2D eigenvalue weighted by atomic mass is 79.9. The second-order valence-electron chi connectivity index (χ2n) is 4.49. The number of aryl methyl sites for hydroxylation is 1. The Morgan fingerprint density at radius 3 is 3.00 bits per heavy atom. The molecule has 1 aliphatic heterocycles. The van der Waals surface area contributed by atoms with E-state index in [0.29, 0.717) is 6.54 Å². The fraction of sp³-hybridized carbons (Fsp3) is 0.462. The Kier molecular flexibility index (Phi) is 3.84. The van der Waals surface area contributed by atoms with Crippen LogP contribution in [0.4, 0.5) is 0 Å². The van der Waals surface area contributed by atoms with Crippen molar-refractivity contribution in [3.05, 3.63) is 33.8 Å². The van der Waals surface area contributed by atoms with Crippen LogP contribution in [0.2, 0.25) is 0 Å². The number of carbonyl (C=O) groups excluding carboxylic acids is 1. The second kappa shape index (κ2) is 5.19. The predicted octanol–water partition coefficient (Wildman–Crippen LogP) is 2.32. The van der Waals surface area contributed by atoms with Crippen LogP contribution < -0.4 is 5.73 Å². The van der Waals surface area contributed by atoms with Crippen LogP contribution in [-0.4, -0.2) is 29.9 Å². The van der Waals surface area contributed by atoms with Gasteiger partial charge in [0, 0.05) is 29.2 Å². The van der Waals surface area contributed by atoms with E-state index in [1.165, 1.54) is 0 Å². The Hall–Kier alpha value is -0.870. The zero-order valence-corrected chi connectivity index (χ0v) is 11.5. The summed E-state index contributed by atoms with van der Waals surface area (Å²) in [6.07, 6.45) is 2.08. The largest absolute Gasteiger partial charge is 0.334 e. The Morgan fingerprint density at radius 1 is 1.59 bits per heavy atom. The van der Waals surface area contributed by atoms with Crippen LogP contribution in [0.1, 0.15) is 28.8 Å². The molecule has 0 saturated carbocycles. The van der Waals surface area contributed by atoms with Crippen molar-refractivity contribution in [2.45, 2.75) is 25.8 Å². The summed E-state index contributed by atoms with van der Waals surface area (Å²) in [5, 5.41) is 0.